The number of benzene rings is 2. The first-order chi connectivity index (χ1) is 17.5. The van der Waals surface area contributed by atoms with E-state index in [1.54, 1.807) is 6.07 Å². The standard InChI is InChI=1S/C29H31N5O2/c1-3-27(35)31-23-18-24(29(36)34-15-11-22(12-16-34)21-9-13-30-14-10-21)28-25(19-23)32-26(33(28)2)17-20-7-5-4-6-8-20/h4-10,13-14,18-19,22H,3,11-12,15-17H2,1-2H3,(H,31,35). The molecule has 1 fully saturated rings. The van der Waals surface area contributed by atoms with Crippen molar-refractivity contribution in [2.24, 2.45) is 7.05 Å². The number of carbonyl (C=O) groups excluding carboxylic acids is 2. The summed E-state index contributed by atoms with van der Waals surface area (Å²) in [5.41, 5.74) is 5.13. The van der Waals surface area contributed by atoms with Crippen LogP contribution in [0.15, 0.2) is 67.0 Å². The summed E-state index contributed by atoms with van der Waals surface area (Å²) in [5, 5.41) is 2.92. The fourth-order valence-electron chi connectivity index (χ4n) is 5.04. The van der Waals surface area contributed by atoms with Crippen LogP contribution >= 0.6 is 0 Å². The second-order valence-electron chi connectivity index (χ2n) is 9.39. The lowest BCUT2D eigenvalue weighted by atomic mass is 9.90. The van der Waals surface area contributed by atoms with Crippen LogP contribution in [0.5, 0.6) is 0 Å². The van der Waals surface area contributed by atoms with Gasteiger partial charge in [0.05, 0.1) is 16.6 Å². The van der Waals surface area contributed by atoms with Crippen molar-refractivity contribution in [3.05, 3.63) is 89.5 Å². The van der Waals surface area contributed by atoms with Gasteiger partial charge >= 0.3 is 0 Å². The van der Waals surface area contributed by atoms with Gasteiger partial charge in [-0.25, -0.2) is 4.98 Å². The van der Waals surface area contributed by atoms with E-state index in [1.165, 1.54) is 5.56 Å². The molecule has 7 heteroatoms. The van der Waals surface area contributed by atoms with Crippen molar-refractivity contribution >= 4 is 28.5 Å². The van der Waals surface area contributed by atoms with E-state index in [-0.39, 0.29) is 11.8 Å². The summed E-state index contributed by atoms with van der Waals surface area (Å²) < 4.78 is 2.02. The van der Waals surface area contributed by atoms with Gasteiger partial charge in [0.25, 0.3) is 5.91 Å². The number of piperidine rings is 1. The van der Waals surface area contributed by atoms with Gasteiger partial charge in [-0.05, 0) is 54.2 Å². The number of amides is 2. The molecule has 36 heavy (non-hydrogen) atoms. The van der Waals surface area contributed by atoms with Gasteiger partial charge in [-0.1, -0.05) is 37.3 Å². The maximum Gasteiger partial charge on any atom is 0.256 e. The van der Waals surface area contributed by atoms with Crippen LogP contribution in [0.3, 0.4) is 0 Å². The van der Waals surface area contributed by atoms with E-state index in [4.69, 9.17) is 4.98 Å². The molecule has 1 saturated heterocycles. The average molecular weight is 482 g/mol. The van der Waals surface area contributed by atoms with Gasteiger partial charge in [0.1, 0.15) is 5.82 Å². The number of imidazole rings is 1. The summed E-state index contributed by atoms with van der Waals surface area (Å²) in [6.45, 7) is 3.19. The van der Waals surface area contributed by atoms with Crippen LogP contribution in [-0.4, -0.2) is 44.3 Å². The summed E-state index contributed by atoms with van der Waals surface area (Å²) in [5.74, 6) is 1.20. The summed E-state index contributed by atoms with van der Waals surface area (Å²) in [6, 6.07) is 18.0. The third-order valence-electron chi connectivity index (χ3n) is 7.06. The third kappa shape index (κ3) is 4.87. The molecule has 0 saturated carbocycles. The van der Waals surface area contributed by atoms with E-state index in [0.29, 0.717) is 48.6 Å². The van der Waals surface area contributed by atoms with Crippen LogP contribution in [0.25, 0.3) is 11.0 Å². The highest BCUT2D eigenvalue weighted by molar-refractivity contribution is 6.07. The normalized spacial score (nSPS) is 14.2. The first kappa shape index (κ1) is 23.7. The maximum absolute atomic E-state index is 13.8. The van der Waals surface area contributed by atoms with Crippen molar-refractivity contribution < 1.29 is 9.59 Å². The fourth-order valence-corrected chi connectivity index (χ4v) is 5.04. The van der Waals surface area contributed by atoms with Crippen molar-refractivity contribution in [2.75, 3.05) is 18.4 Å². The second kappa shape index (κ2) is 10.3. The number of hydrogen-bond acceptors (Lipinski definition) is 4. The lowest BCUT2D eigenvalue weighted by Gasteiger charge is -2.32. The SMILES string of the molecule is CCC(=O)Nc1cc(C(=O)N2CCC(c3ccncc3)CC2)c2c(c1)nc(Cc1ccccc1)n2C. The Labute approximate surface area is 211 Å². The smallest absolute Gasteiger partial charge is 0.256 e. The van der Waals surface area contributed by atoms with Gasteiger partial charge < -0.3 is 14.8 Å². The topological polar surface area (TPSA) is 80.1 Å². The average Bonchev–Trinajstić information content (AvgIpc) is 3.23. The minimum absolute atomic E-state index is 0.0185. The molecule has 3 heterocycles. The van der Waals surface area contributed by atoms with Crippen molar-refractivity contribution in [1.29, 1.82) is 0 Å². The van der Waals surface area contributed by atoms with Crippen molar-refractivity contribution in [3.8, 4) is 0 Å². The van der Waals surface area contributed by atoms with E-state index in [2.05, 4.69) is 34.6 Å². The molecular weight excluding hydrogens is 450 g/mol. The number of carbonyl (C=O) groups is 2. The summed E-state index contributed by atoms with van der Waals surface area (Å²) in [4.78, 5) is 36.9. The first-order valence-corrected chi connectivity index (χ1v) is 12.6. The van der Waals surface area contributed by atoms with Crippen LogP contribution in [0.1, 0.15) is 59.4 Å². The molecule has 2 amide bonds. The van der Waals surface area contributed by atoms with Crippen LogP contribution in [0.4, 0.5) is 5.69 Å². The van der Waals surface area contributed by atoms with E-state index in [1.807, 2.05) is 60.1 Å². The quantitative estimate of drug-likeness (QED) is 0.424. The number of fused-ring (bicyclic) bond motifs is 1. The monoisotopic (exact) mass is 481 g/mol. The number of rotatable bonds is 6. The molecule has 0 radical (unpaired) electrons. The molecular formula is C29H31N5O2. The highest BCUT2D eigenvalue weighted by Gasteiger charge is 2.27. The Kier molecular flexibility index (Phi) is 6.80. The molecule has 7 nitrogen and oxygen atoms in total. The maximum atomic E-state index is 13.8. The summed E-state index contributed by atoms with van der Waals surface area (Å²) in [7, 11) is 1.96. The Morgan fingerprint density at radius 3 is 2.44 bits per heavy atom. The molecule has 4 aromatic rings. The molecule has 1 aliphatic rings. The number of anilines is 1. The van der Waals surface area contributed by atoms with E-state index in [9.17, 15) is 9.59 Å². The lowest BCUT2D eigenvalue weighted by Crippen LogP contribution is -2.38. The predicted octanol–water partition coefficient (Wildman–Crippen LogP) is 4.93. The number of hydrogen-bond donors (Lipinski definition) is 1. The molecule has 1 aliphatic heterocycles. The number of pyridine rings is 1. The fraction of sp³-hybridized carbons (Fsp3) is 0.310. The van der Waals surface area contributed by atoms with Crippen molar-refractivity contribution in [2.45, 2.75) is 38.5 Å². The van der Waals surface area contributed by atoms with Gasteiger partial charge in [-0.3, -0.25) is 14.6 Å². The minimum Gasteiger partial charge on any atom is -0.339 e. The number of aromatic nitrogens is 3. The zero-order chi connectivity index (χ0) is 25.1. The minimum atomic E-state index is -0.0913. The van der Waals surface area contributed by atoms with Crippen molar-refractivity contribution in [1.82, 2.24) is 19.4 Å². The Morgan fingerprint density at radius 2 is 1.75 bits per heavy atom. The number of nitrogens with one attached hydrogen (secondary N) is 1. The van der Waals surface area contributed by atoms with Crippen molar-refractivity contribution in [3.63, 3.8) is 0 Å². The van der Waals surface area contributed by atoms with Crippen LogP contribution in [0, 0.1) is 0 Å². The Balaban J connectivity index is 1.47. The van der Waals surface area contributed by atoms with Crippen LogP contribution in [0.2, 0.25) is 0 Å². The summed E-state index contributed by atoms with van der Waals surface area (Å²) >= 11 is 0. The largest absolute Gasteiger partial charge is 0.339 e. The predicted molar refractivity (Wildman–Crippen MR) is 141 cm³/mol. The first-order valence-electron chi connectivity index (χ1n) is 12.6. The molecule has 2 aromatic heterocycles. The molecule has 0 spiro atoms. The molecule has 0 aliphatic carbocycles. The molecule has 2 aromatic carbocycles. The molecule has 0 bridgehead atoms. The van der Waals surface area contributed by atoms with Crippen LogP contribution in [-0.2, 0) is 18.3 Å². The Bertz CT molecular complexity index is 1370. The van der Waals surface area contributed by atoms with Gasteiger partial charge in [-0.2, -0.15) is 0 Å². The van der Waals surface area contributed by atoms with E-state index in [0.717, 1.165) is 29.7 Å². The molecule has 1 N–H and O–H groups in total. The third-order valence-corrected chi connectivity index (χ3v) is 7.06. The highest BCUT2D eigenvalue weighted by Crippen LogP contribution is 2.31. The highest BCUT2D eigenvalue weighted by atomic mass is 16.2. The van der Waals surface area contributed by atoms with Gasteiger partial charge in [-0.15, -0.1) is 0 Å². The van der Waals surface area contributed by atoms with Gasteiger partial charge in [0.15, 0.2) is 0 Å². The van der Waals surface area contributed by atoms with Gasteiger partial charge in [0, 0.05) is 51.1 Å². The molecule has 5 rings (SSSR count). The summed E-state index contributed by atoms with van der Waals surface area (Å²) in [6.07, 6.45) is 6.51. The molecule has 0 atom stereocenters. The zero-order valence-electron chi connectivity index (χ0n) is 20.8. The van der Waals surface area contributed by atoms with E-state index >= 15 is 0 Å². The Morgan fingerprint density at radius 1 is 1.03 bits per heavy atom. The number of nitrogens with zero attached hydrogens (tertiary/aromatic N) is 4. The number of aryl methyl sites for hydroxylation is 1. The molecule has 0 unspecified atom stereocenters. The number of likely N-dealkylation sites (tertiary alicyclic amines) is 1. The lowest BCUT2D eigenvalue weighted by molar-refractivity contribution is -0.115. The zero-order valence-corrected chi connectivity index (χ0v) is 20.8. The van der Waals surface area contributed by atoms with Crippen LogP contribution < -0.4 is 5.32 Å². The van der Waals surface area contributed by atoms with Gasteiger partial charge in [0.2, 0.25) is 5.91 Å². The Hall–Kier alpha value is -4.00. The second-order valence-corrected chi connectivity index (χ2v) is 9.39. The molecule has 184 valence electrons. The van der Waals surface area contributed by atoms with E-state index < -0.39 is 0 Å².